The van der Waals surface area contributed by atoms with Crippen LogP contribution in [0, 0.1) is 0 Å². The van der Waals surface area contributed by atoms with Gasteiger partial charge in [0, 0.05) is 16.9 Å². The Hall–Kier alpha value is -8.00. The first-order valence-corrected chi connectivity index (χ1v) is 21.6. The van der Waals surface area contributed by atoms with Gasteiger partial charge in [0.25, 0.3) is 0 Å². The van der Waals surface area contributed by atoms with E-state index in [1.165, 1.54) is 99.1 Å². The number of fused-ring (bicyclic) bond motifs is 9. The minimum atomic E-state index is -0.633. The summed E-state index contributed by atoms with van der Waals surface area (Å²) < 4.78 is 0. The van der Waals surface area contributed by atoms with E-state index in [1.54, 1.807) is 0 Å². The molecule has 0 saturated carbocycles. The molecule has 0 heterocycles. The van der Waals surface area contributed by atoms with Crippen LogP contribution in [0.1, 0.15) is 22.3 Å². The number of hydrogen-bond acceptors (Lipinski definition) is 1. The molecule has 288 valence electrons. The molecule has 62 heavy (non-hydrogen) atoms. The third kappa shape index (κ3) is 4.91. The van der Waals surface area contributed by atoms with Gasteiger partial charge >= 0.3 is 0 Å². The third-order valence-electron chi connectivity index (χ3n) is 13.6. The zero-order valence-corrected chi connectivity index (χ0v) is 34.0. The van der Waals surface area contributed by atoms with Gasteiger partial charge in [0.2, 0.25) is 0 Å². The maximum absolute atomic E-state index is 2.53. The van der Waals surface area contributed by atoms with Gasteiger partial charge in [-0.05, 0) is 130 Å². The SMILES string of the molecule is c1ccc(-c2cc3ccccc3cc2N(c2ccccc2)c2ccc3c(c2)C2(c4ccccc4-c4cccc5cccc2c45)c2cccc4c(-c5ccccc5)ccc-3c24)cc1. The summed E-state index contributed by atoms with van der Waals surface area (Å²) in [7, 11) is 0. The molecule has 2 aliphatic rings. The van der Waals surface area contributed by atoms with Gasteiger partial charge in [-0.2, -0.15) is 0 Å². The molecule has 11 aromatic carbocycles. The molecule has 1 atom stereocenters. The fourth-order valence-electron chi connectivity index (χ4n) is 11.1. The molecule has 0 fully saturated rings. The Labute approximate surface area is 361 Å². The Bertz CT molecular complexity index is 3570. The van der Waals surface area contributed by atoms with E-state index in [2.05, 4.69) is 241 Å². The maximum Gasteiger partial charge on any atom is 0.0726 e. The second kappa shape index (κ2) is 13.5. The minimum absolute atomic E-state index is 0.633. The second-order valence-corrected chi connectivity index (χ2v) is 16.7. The smallest absolute Gasteiger partial charge is 0.0726 e. The Morgan fingerprint density at radius 1 is 0.274 bits per heavy atom. The second-order valence-electron chi connectivity index (χ2n) is 16.7. The Morgan fingerprint density at radius 2 is 0.790 bits per heavy atom. The standard InChI is InChI=1S/C61H39N/c1-4-17-40(18-5-1)47-35-36-52-49-34-33-46(62(45-25-8-3-9-26-45)58-38-44-22-11-10-21-43(44)37-53(58)41-19-6-2-7-20-41)39-57(49)61(56-32-16-29-50(47)60(52)56)54-30-13-12-27-48(54)51-28-14-23-42-24-15-31-55(61)59(42)51/h1-39H. The summed E-state index contributed by atoms with van der Waals surface area (Å²) in [5.74, 6) is 0. The van der Waals surface area contributed by atoms with E-state index in [1.807, 2.05) is 0 Å². The Balaban J connectivity index is 1.18. The molecule has 1 nitrogen and oxygen atoms in total. The lowest BCUT2D eigenvalue weighted by Crippen LogP contribution is -2.36. The largest absolute Gasteiger partial charge is 0.310 e. The highest BCUT2D eigenvalue weighted by Crippen LogP contribution is 2.62. The molecule has 0 N–H and O–H groups in total. The minimum Gasteiger partial charge on any atom is -0.310 e. The number of benzene rings is 11. The Morgan fingerprint density at radius 3 is 1.56 bits per heavy atom. The molecule has 0 aromatic heterocycles. The van der Waals surface area contributed by atoms with Crippen LogP contribution in [-0.4, -0.2) is 0 Å². The van der Waals surface area contributed by atoms with Gasteiger partial charge < -0.3 is 4.90 Å². The molecule has 0 radical (unpaired) electrons. The van der Waals surface area contributed by atoms with Crippen LogP contribution >= 0.6 is 0 Å². The van der Waals surface area contributed by atoms with E-state index in [-0.39, 0.29) is 0 Å². The van der Waals surface area contributed by atoms with Crippen molar-refractivity contribution in [1.82, 2.24) is 0 Å². The predicted molar refractivity (Wildman–Crippen MR) is 261 cm³/mol. The van der Waals surface area contributed by atoms with E-state index in [9.17, 15) is 0 Å². The lowest BCUT2D eigenvalue weighted by atomic mass is 9.55. The summed E-state index contributed by atoms with van der Waals surface area (Å²) in [6.45, 7) is 0. The van der Waals surface area contributed by atoms with Crippen molar-refractivity contribution in [2.24, 2.45) is 0 Å². The van der Waals surface area contributed by atoms with Crippen molar-refractivity contribution in [3.63, 3.8) is 0 Å². The quantitative estimate of drug-likeness (QED) is 0.168. The van der Waals surface area contributed by atoms with Crippen molar-refractivity contribution >= 4 is 49.4 Å². The Kier molecular flexibility index (Phi) is 7.59. The van der Waals surface area contributed by atoms with Crippen molar-refractivity contribution in [2.45, 2.75) is 5.41 Å². The van der Waals surface area contributed by atoms with Crippen molar-refractivity contribution in [3.8, 4) is 44.5 Å². The van der Waals surface area contributed by atoms with E-state index in [0.29, 0.717) is 0 Å². The van der Waals surface area contributed by atoms with Gasteiger partial charge in [0.15, 0.2) is 0 Å². The van der Waals surface area contributed by atoms with Gasteiger partial charge in [-0.25, -0.2) is 0 Å². The van der Waals surface area contributed by atoms with E-state index < -0.39 is 5.41 Å². The zero-order valence-electron chi connectivity index (χ0n) is 34.0. The first kappa shape index (κ1) is 34.8. The summed E-state index contributed by atoms with van der Waals surface area (Å²) in [6, 6.07) is 88.2. The van der Waals surface area contributed by atoms with Gasteiger partial charge in [-0.3, -0.25) is 0 Å². The van der Waals surface area contributed by atoms with E-state index >= 15 is 0 Å². The molecule has 0 bridgehead atoms. The molecular weight excluding hydrogens is 747 g/mol. The summed E-state index contributed by atoms with van der Waals surface area (Å²) >= 11 is 0. The molecule has 1 unspecified atom stereocenters. The zero-order chi connectivity index (χ0) is 40.8. The molecule has 11 aromatic rings. The third-order valence-corrected chi connectivity index (χ3v) is 13.6. The van der Waals surface area contributed by atoms with Crippen LogP contribution < -0.4 is 4.90 Å². The van der Waals surface area contributed by atoms with E-state index in [0.717, 1.165) is 17.1 Å². The maximum atomic E-state index is 2.53. The van der Waals surface area contributed by atoms with Crippen LogP contribution in [0.5, 0.6) is 0 Å². The normalized spacial score (nSPS) is 14.5. The number of para-hydroxylation sites is 1. The summed E-state index contributed by atoms with van der Waals surface area (Å²) in [4.78, 5) is 2.49. The molecule has 0 aliphatic heterocycles. The van der Waals surface area contributed by atoms with Crippen LogP contribution in [0.4, 0.5) is 17.1 Å². The van der Waals surface area contributed by atoms with E-state index in [4.69, 9.17) is 0 Å². The lowest BCUT2D eigenvalue weighted by molar-refractivity contribution is 0.754. The van der Waals surface area contributed by atoms with Gasteiger partial charge in [0.1, 0.15) is 0 Å². The molecule has 13 rings (SSSR count). The fraction of sp³-hybridized carbons (Fsp3) is 0.0164. The van der Waals surface area contributed by atoms with Gasteiger partial charge in [-0.1, -0.05) is 200 Å². The molecule has 1 heteroatoms. The van der Waals surface area contributed by atoms with Crippen LogP contribution in [0.2, 0.25) is 0 Å². The van der Waals surface area contributed by atoms with Gasteiger partial charge in [-0.15, -0.1) is 0 Å². The molecule has 0 saturated heterocycles. The first-order valence-electron chi connectivity index (χ1n) is 21.6. The summed E-state index contributed by atoms with van der Waals surface area (Å²) in [5, 5.41) is 7.61. The van der Waals surface area contributed by atoms with Crippen molar-refractivity contribution < 1.29 is 0 Å². The highest BCUT2D eigenvalue weighted by molar-refractivity contribution is 6.14. The van der Waals surface area contributed by atoms with Gasteiger partial charge in [0.05, 0.1) is 11.1 Å². The van der Waals surface area contributed by atoms with Crippen LogP contribution in [0.25, 0.3) is 76.8 Å². The van der Waals surface area contributed by atoms with Crippen LogP contribution in [-0.2, 0) is 5.41 Å². The van der Waals surface area contributed by atoms with Crippen molar-refractivity contribution in [1.29, 1.82) is 0 Å². The molecule has 2 aliphatic carbocycles. The average Bonchev–Trinajstić information content (AvgIpc) is 3.35. The highest BCUT2D eigenvalue weighted by atomic mass is 15.1. The summed E-state index contributed by atoms with van der Waals surface area (Å²) in [5.41, 5.74) is 17.9. The first-order chi connectivity index (χ1) is 30.8. The van der Waals surface area contributed by atoms with Crippen molar-refractivity contribution in [2.75, 3.05) is 4.90 Å². The molecular formula is C61H39N. The van der Waals surface area contributed by atoms with Crippen LogP contribution in [0.3, 0.4) is 0 Å². The topological polar surface area (TPSA) is 3.24 Å². The molecule has 1 spiro atoms. The number of rotatable bonds is 5. The fourth-order valence-corrected chi connectivity index (χ4v) is 11.1. The molecule has 0 amide bonds. The number of nitrogens with zero attached hydrogens (tertiary/aromatic N) is 1. The highest BCUT2D eigenvalue weighted by Gasteiger charge is 2.49. The lowest BCUT2D eigenvalue weighted by Gasteiger charge is -2.46. The summed E-state index contributed by atoms with van der Waals surface area (Å²) in [6.07, 6.45) is 0. The van der Waals surface area contributed by atoms with Crippen molar-refractivity contribution in [3.05, 3.63) is 259 Å². The number of anilines is 3. The average molecular weight is 786 g/mol. The predicted octanol–water partition coefficient (Wildman–Crippen LogP) is 16.3. The van der Waals surface area contributed by atoms with Crippen LogP contribution in [0.15, 0.2) is 237 Å². The number of hydrogen-bond donors (Lipinski definition) is 0. The monoisotopic (exact) mass is 785 g/mol.